The van der Waals surface area contributed by atoms with Crippen LogP contribution < -0.4 is 5.32 Å². The van der Waals surface area contributed by atoms with Crippen LogP contribution in [0.2, 0.25) is 0 Å². The van der Waals surface area contributed by atoms with E-state index in [0.29, 0.717) is 24.3 Å². The molecule has 7 heteroatoms. The third-order valence-corrected chi connectivity index (χ3v) is 4.79. The minimum Gasteiger partial charge on any atom is -0.462 e. The number of hydrogen-bond donors (Lipinski definition) is 1. The normalized spacial score (nSPS) is 11.8. The van der Waals surface area contributed by atoms with Crippen LogP contribution in [0.15, 0.2) is 41.8 Å². The van der Waals surface area contributed by atoms with Crippen LogP contribution in [0, 0.1) is 0 Å². The lowest BCUT2D eigenvalue weighted by atomic mass is 10.2. The van der Waals surface area contributed by atoms with Crippen LogP contribution in [-0.2, 0) is 16.6 Å². The molecule has 0 saturated heterocycles. The molecule has 1 aromatic heterocycles. The molecular weight excluding hydrogens is 326 g/mol. The molecule has 1 aromatic carbocycles. The number of benzene rings is 1. The predicted molar refractivity (Wildman–Crippen MR) is 94.2 cm³/mol. The van der Waals surface area contributed by atoms with E-state index in [1.807, 2.05) is 24.7 Å². The van der Waals surface area contributed by atoms with E-state index in [1.54, 1.807) is 37.4 Å². The maximum atomic E-state index is 12.4. The maximum Gasteiger partial charge on any atom is 0.338 e. The fraction of sp³-hybridized carbons (Fsp3) is 0.353. The molecule has 0 spiro atoms. The summed E-state index contributed by atoms with van der Waals surface area (Å²) in [5.41, 5.74) is 1.11. The molecule has 2 rings (SSSR count). The second kappa shape index (κ2) is 8.54. The smallest absolute Gasteiger partial charge is 0.338 e. The molecule has 0 bridgehead atoms. The van der Waals surface area contributed by atoms with Crippen LogP contribution in [0.25, 0.3) is 0 Å². The van der Waals surface area contributed by atoms with Crippen molar-refractivity contribution >= 4 is 29.3 Å². The number of amides is 1. The molecular formula is C17H21N3O3S. The summed E-state index contributed by atoms with van der Waals surface area (Å²) in [6.07, 6.45) is 4.24. The van der Waals surface area contributed by atoms with Crippen LogP contribution >= 0.6 is 11.8 Å². The number of thioether (sulfide) groups is 1. The van der Waals surface area contributed by atoms with E-state index in [2.05, 4.69) is 10.3 Å². The summed E-state index contributed by atoms with van der Waals surface area (Å²) >= 11 is 1.43. The average Bonchev–Trinajstić information content (AvgIpc) is 2.98. The molecule has 6 nitrogen and oxygen atoms in total. The monoisotopic (exact) mass is 347 g/mol. The van der Waals surface area contributed by atoms with Crippen molar-refractivity contribution in [3.05, 3.63) is 42.2 Å². The van der Waals surface area contributed by atoms with Gasteiger partial charge in [0.1, 0.15) is 0 Å². The van der Waals surface area contributed by atoms with Crippen LogP contribution in [-0.4, -0.2) is 33.3 Å². The fourth-order valence-electron chi connectivity index (χ4n) is 2.04. The van der Waals surface area contributed by atoms with E-state index in [9.17, 15) is 9.59 Å². The van der Waals surface area contributed by atoms with Gasteiger partial charge in [0.2, 0.25) is 5.91 Å². The third-order valence-electron chi connectivity index (χ3n) is 3.35. The lowest BCUT2D eigenvalue weighted by Gasteiger charge is -2.14. The summed E-state index contributed by atoms with van der Waals surface area (Å²) in [4.78, 5) is 28.3. The molecule has 1 atom stereocenters. The van der Waals surface area contributed by atoms with E-state index < -0.39 is 0 Å². The predicted octanol–water partition coefficient (Wildman–Crippen LogP) is 3.11. The first-order valence-corrected chi connectivity index (χ1v) is 8.65. The van der Waals surface area contributed by atoms with Gasteiger partial charge in [0, 0.05) is 25.1 Å². The second-order valence-electron chi connectivity index (χ2n) is 5.12. The molecule has 0 aliphatic carbocycles. The first-order chi connectivity index (χ1) is 11.5. The molecule has 0 fully saturated rings. The van der Waals surface area contributed by atoms with Crippen molar-refractivity contribution < 1.29 is 14.3 Å². The van der Waals surface area contributed by atoms with E-state index in [-0.39, 0.29) is 17.1 Å². The molecule has 0 saturated carbocycles. The highest BCUT2D eigenvalue weighted by molar-refractivity contribution is 8.00. The Morgan fingerprint density at radius 2 is 2.00 bits per heavy atom. The highest BCUT2D eigenvalue weighted by Crippen LogP contribution is 2.24. The number of imidazole rings is 1. The third kappa shape index (κ3) is 4.61. The topological polar surface area (TPSA) is 73.2 Å². The van der Waals surface area contributed by atoms with Gasteiger partial charge in [-0.15, -0.1) is 0 Å². The van der Waals surface area contributed by atoms with Gasteiger partial charge in [-0.05, 0) is 37.6 Å². The van der Waals surface area contributed by atoms with E-state index >= 15 is 0 Å². The number of carbonyl (C=O) groups excluding carboxylic acids is 2. The average molecular weight is 347 g/mol. The Morgan fingerprint density at radius 3 is 2.54 bits per heavy atom. The van der Waals surface area contributed by atoms with Crippen molar-refractivity contribution in [2.24, 2.45) is 7.05 Å². The molecule has 1 N–H and O–H groups in total. The summed E-state index contributed by atoms with van der Waals surface area (Å²) in [5, 5.41) is 3.43. The van der Waals surface area contributed by atoms with Crippen molar-refractivity contribution in [2.75, 3.05) is 11.9 Å². The fourth-order valence-corrected chi connectivity index (χ4v) is 2.98. The Morgan fingerprint density at radius 1 is 1.29 bits per heavy atom. The second-order valence-corrected chi connectivity index (χ2v) is 6.29. The highest BCUT2D eigenvalue weighted by Gasteiger charge is 2.20. The summed E-state index contributed by atoms with van der Waals surface area (Å²) in [5.74, 6) is -0.457. The molecule has 2 aromatic rings. The minimum absolute atomic E-state index is 0.0885. The van der Waals surface area contributed by atoms with Crippen molar-refractivity contribution in [1.29, 1.82) is 0 Å². The molecule has 1 amide bonds. The number of nitrogens with zero attached hydrogens (tertiary/aromatic N) is 2. The number of aromatic nitrogens is 2. The van der Waals surface area contributed by atoms with Gasteiger partial charge >= 0.3 is 5.97 Å². The number of anilines is 1. The standard InChI is InChI=1S/C17H21N3O3S/c1-4-14(24-17-18-10-11-20(17)3)15(21)19-13-8-6-12(7-9-13)16(22)23-5-2/h6-11,14H,4-5H2,1-3H3,(H,19,21). The molecule has 0 aliphatic heterocycles. The zero-order valence-corrected chi connectivity index (χ0v) is 14.8. The summed E-state index contributed by atoms with van der Waals surface area (Å²) < 4.78 is 6.82. The number of esters is 1. The number of rotatable bonds is 7. The molecule has 128 valence electrons. The molecule has 0 radical (unpaired) electrons. The minimum atomic E-state index is -0.368. The molecule has 1 unspecified atom stereocenters. The van der Waals surface area contributed by atoms with Crippen LogP contribution in [0.4, 0.5) is 5.69 Å². The van der Waals surface area contributed by atoms with E-state index in [1.165, 1.54) is 11.8 Å². The van der Waals surface area contributed by atoms with Crippen LogP contribution in [0.1, 0.15) is 30.6 Å². The lowest BCUT2D eigenvalue weighted by molar-refractivity contribution is -0.115. The van der Waals surface area contributed by atoms with Crippen LogP contribution in [0.3, 0.4) is 0 Å². The van der Waals surface area contributed by atoms with E-state index in [0.717, 1.165) is 5.16 Å². The summed E-state index contributed by atoms with van der Waals surface area (Å²) in [7, 11) is 1.90. The van der Waals surface area contributed by atoms with Gasteiger partial charge in [-0.25, -0.2) is 9.78 Å². The van der Waals surface area contributed by atoms with Crippen molar-refractivity contribution in [2.45, 2.75) is 30.7 Å². The Hall–Kier alpha value is -2.28. The van der Waals surface area contributed by atoms with Gasteiger partial charge in [-0.2, -0.15) is 0 Å². The lowest BCUT2D eigenvalue weighted by Crippen LogP contribution is -2.25. The van der Waals surface area contributed by atoms with Gasteiger partial charge in [0.15, 0.2) is 5.16 Å². The van der Waals surface area contributed by atoms with Gasteiger partial charge < -0.3 is 14.6 Å². The number of hydrogen-bond acceptors (Lipinski definition) is 5. The first-order valence-electron chi connectivity index (χ1n) is 7.77. The summed E-state index contributed by atoms with van der Waals surface area (Å²) in [6, 6.07) is 6.67. The number of carbonyl (C=O) groups is 2. The Labute approximate surface area is 145 Å². The maximum absolute atomic E-state index is 12.4. The largest absolute Gasteiger partial charge is 0.462 e. The zero-order valence-electron chi connectivity index (χ0n) is 14.0. The number of ether oxygens (including phenoxy) is 1. The SMILES string of the molecule is CCOC(=O)c1ccc(NC(=O)C(CC)Sc2nccn2C)cc1. The molecule has 0 aliphatic rings. The Bertz CT molecular complexity index is 697. The number of aryl methyl sites for hydroxylation is 1. The van der Waals surface area contributed by atoms with Crippen molar-refractivity contribution in [3.63, 3.8) is 0 Å². The van der Waals surface area contributed by atoms with Crippen molar-refractivity contribution in [1.82, 2.24) is 9.55 Å². The molecule has 1 heterocycles. The number of nitrogens with one attached hydrogen (secondary N) is 1. The van der Waals surface area contributed by atoms with Gasteiger partial charge in [-0.3, -0.25) is 4.79 Å². The molecule has 24 heavy (non-hydrogen) atoms. The van der Waals surface area contributed by atoms with Gasteiger partial charge in [0.05, 0.1) is 17.4 Å². The quantitative estimate of drug-likeness (QED) is 0.615. The first kappa shape index (κ1) is 18.1. The van der Waals surface area contributed by atoms with Crippen molar-refractivity contribution in [3.8, 4) is 0 Å². The highest BCUT2D eigenvalue weighted by atomic mass is 32.2. The van der Waals surface area contributed by atoms with Gasteiger partial charge in [0.25, 0.3) is 0 Å². The zero-order chi connectivity index (χ0) is 17.5. The Balaban J connectivity index is 1.99. The van der Waals surface area contributed by atoms with Gasteiger partial charge in [-0.1, -0.05) is 18.7 Å². The Kier molecular flexibility index (Phi) is 6.43. The summed E-state index contributed by atoms with van der Waals surface area (Å²) in [6.45, 7) is 4.06. The van der Waals surface area contributed by atoms with Crippen LogP contribution in [0.5, 0.6) is 0 Å². The van der Waals surface area contributed by atoms with E-state index in [4.69, 9.17) is 4.74 Å².